The summed E-state index contributed by atoms with van der Waals surface area (Å²) in [5.74, 6) is 1.30. The molecule has 5 nitrogen and oxygen atoms in total. The number of anilines is 1. The van der Waals surface area contributed by atoms with E-state index in [4.69, 9.17) is 17.3 Å². The van der Waals surface area contributed by atoms with Crippen LogP contribution in [0.15, 0.2) is 18.2 Å². The number of halogens is 1. The van der Waals surface area contributed by atoms with E-state index >= 15 is 0 Å². The molecular weight excluding hydrogens is 298 g/mol. The van der Waals surface area contributed by atoms with Gasteiger partial charge in [0.05, 0.1) is 10.6 Å². The quantitative estimate of drug-likeness (QED) is 0.786. The molecule has 0 spiro atoms. The summed E-state index contributed by atoms with van der Waals surface area (Å²) in [6, 6.07) is 4.88. The molecule has 0 saturated carbocycles. The Hall–Kier alpha value is -1.24. The summed E-state index contributed by atoms with van der Waals surface area (Å²) in [6.07, 6.45) is 0.404. The summed E-state index contributed by atoms with van der Waals surface area (Å²) in [6.45, 7) is 0.926. The maximum atomic E-state index is 11.9. The van der Waals surface area contributed by atoms with Crippen LogP contribution in [-0.2, 0) is 4.79 Å². The van der Waals surface area contributed by atoms with Crippen LogP contribution in [0.1, 0.15) is 16.8 Å². The topological polar surface area (TPSA) is 84.2 Å². The van der Waals surface area contributed by atoms with Crippen molar-refractivity contribution in [3.8, 4) is 0 Å². The van der Waals surface area contributed by atoms with Gasteiger partial charge in [0.1, 0.15) is 0 Å². The zero-order valence-electron chi connectivity index (χ0n) is 10.8. The van der Waals surface area contributed by atoms with Gasteiger partial charge < -0.3 is 16.4 Å². The number of benzene rings is 1. The van der Waals surface area contributed by atoms with Crippen LogP contribution in [0.5, 0.6) is 0 Å². The molecule has 1 heterocycles. The molecule has 1 aliphatic heterocycles. The lowest BCUT2D eigenvalue weighted by Crippen LogP contribution is -2.39. The Balaban J connectivity index is 1.96. The van der Waals surface area contributed by atoms with Crippen LogP contribution in [0.4, 0.5) is 5.69 Å². The monoisotopic (exact) mass is 313 g/mol. The van der Waals surface area contributed by atoms with Crippen molar-refractivity contribution in [2.75, 3.05) is 23.4 Å². The minimum Gasteiger partial charge on any atom is -0.366 e. The molecule has 1 aromatic rings. The van der Waals surface area contributed by atoms with E-state index in [9.17, 15) is 9.59 Å². The van der Waals surface area contributed by atoms with E-state index in [-0.39, 0.29) is 22.5 Å². The highest BCUT2D eigenvalue weighted by atomic mass is 35.5. The molecule has 2 rings (SSSR count). The standard InChI is InChI=1S/C13H16ClN3O2S/c14-11-2-1-8(5-10(11)13(15)19)17-12(18)6-9-7-20-4-3-16-9/h1-2,5,9,16H,3-4,6-7H2,(H2,15,19)(H,17,18). The highest BCUT2D eigenvalue weighted by Gasteiger charge is 2.17. The number of hydrogen-bond acceptors (Lipinski definition) is 4. The Labute approximate surface area is 126 Å². The Morgan fingerprint density at radius 2 is 2.30 bits per heavy atom. The average molecular weight is 314 g/mol. The van der Waals surface area contributed by atoms with E-state index < -0.39 is 5.91 Å². The molecule has 7 heteroatoms. The van der Waals surface area contributed by atoms with Gasteiger partial charge in [-0.05, 0) is 18.2 Å². The van der Waals surface area contributed by atoms with Crippen molar-refractivity contribution in [3.05, 3.63) is 28.8 Å². The zero-order valence-corrected chi connectivity index (χ0v) is 12.4. The van der Waals surface area contributed by atoms with Gasteiger partial charge in [-0.25, -0.2) is 0 Å². The van der Waals surface area contributed by atoms with Crippen molar-refractivity contribution in [3.63, 3.8) is 0 Å². The summed E-state index contributed by atoms with van der Waals surface area (Å²) in [5, 5.41) is 6.33. The number of nitrogens with two attached hydrogens (primary N) is 1. The van der Waals surface area contributed by atoms with Crippen molar-refractivity contribution in [1.29, 1.82) is 0 Å². The molecule has 1 fully saturated rings. The first kappa shape index (κ1) is 15.2. The maximum absolute atomic E-state index is 11.9. The van der Waals surface area contributed by atoms with E-state index in [1.807, 2.05) is 11.8 Å². The number of nitrogens with one attached hydrogen (secondary N) is 2. The smallest absolute Gasteiger partial charge is 0.250 e. The SMILES string of the molecule is NC(=O)c1cc(NC(=O)CC2CSCCN2)ccc1Cl. The molecule has 0 radical (unpaired) electrons. The minimum absolute atomic E-state index is 0.0947. The minimum atomic E-state index is -0.614. The summed E-state index contributed by atoms with van der Waals surface area (Å²) in [5.41, 5.74) is 5.94. The number of carbonyl (C=O) groups is 2. The second kappa shape index (κ2) is 6.97. The van der Waals surface area contributed by atoms with Crippen LogP contribution < -0.4 is 16.4 Å². The molecule has 0 bridgehead atoms. The van der Waals surface area contributed by atoms with Crippen molar-refractivity contribution in [1.82, 2.24) is 5.32 Å². The van der Waals surface area contributed by atoms with Crippen LogP contribution >= 0.6 is 23.4 Å². The van der Waals surface area contributed by atoms with E-state index in [0.29, 0.717) is 12.1 Å². The summed E-state index contributed by atoms with van der Waals surface area (Å²) in [7, 11) is 0. The first-order valence-electron chi connectivity index (χ1n) is 6.26. The van der Waals surface area contributed by atoms with Gasteiger partial charge in [0.25, 0.3) is 0 Å². The molecule has 1 unspecified atom stereocenters. The van der Waals surface area contributed by atoms with E-state index in [1.165, 1.54) is 6.07 Å². The highest BCUT2D eigenvalue weighted by molar-refractivity contribution is 7.99. The lowest BCUT2D eigenvalue weighted by atomic mass is 10.1. The van der Waals surface area contributed by atoms with Gasteiger partial charge in [-0.2, -0.15) is 11.8 Å². The first-order valence-corrected chi connectivity index (χ1v) is 7.80. The molecule has 4 N–H and O–H groups in total. The van der Waals surface area contributed by atoms with E-state index in [2.05, 4.69) is 10.6 Å². The number of primary amides is 1. The Morgan fingerprint density at radius 1 is 1.50 bits per heavy atom. The lowest BCUT2D eigenvalue weighted by Gasteiger charge is -2.22. The second-order valence-corrected chi connectivity index (χ2v) is 6.09. The predicted octanol–water partition coefficient (Wildman–Crippen LogP) is 1.47. The largest absolute Gasteiger partial charge is 0.366 e. The maximum Gasteiger partial charge on any atom is 0.250 e. The third kappa shape index (κ3) is 4.13. The van der Waals surface area contributed by atoms with Gasteiger partial charge in [-0.3, -0.25) is 9.59 Å². The van der Waals surface area contributed by atoms with Crippen molar-refractivity contribution in [2.24, 2.45) is 5.73 Å². The number of carbonyl (C=O) groups excluding carboxylic acids is 2. The number of hydrogen-bond donors (Lipinski definition) is 3. The second-order valence-electron chi connectivity index (χ2n) is 4.54. The van der Waals surface area contributed by atoms with Crippen molar-refractivity contribution < 1.29 is 9.59 Å². The molecule has 1 aliphatic rings. The number of thioether (sulfide) groups is 1. The zero-order chi connectivity index (χ0) is 14.5. The van der Waals surface area contributed by atoms with Crippen molar-refractivity contribution >= 4 is 40.9 Å². The fourth-order valence-electron chi connectivity index (χ4n) is 1.98. The molecule has 1 saturated heterocycles. The Kier molecular flexibility index (Phi) is 5.28. The van der Waals surface area contributed by atoms with Gasteiger partial charge in [-0.1, -0.05) is 11.6 Å². The normalized spacial score (nSPS) is 18.6. The van der Waals surface area contributed by atoms with Gasteiger partial charge >= 0.3 is 0 Å². The van der Waals surface area contributed by atoms with Crippen molar-refractivity contribution in [2.45, 2.75) is 12.5 Å². The third-order valence-electron chi connectivity index (χ3n) is 2.95. The van der Waals surface area contributed by atoms with E-state index in [1.54, 1.807) is 12.1 Å². The lowest BCUT2D eigenvalue weighted by molar-refractivity contribution is -0.116. The van der Waals surface area contributed by atoms with E-state index in [0.717, 1.165) is 18.1 Å². The van der Waals surface area contributed by atoms with Crippen LogP contribution in [0, 0.1) is 0 Å². The molecule has 0 aromatic heterocycles. The Bertz CT molecular complexity index is 518. The van der Waals surface area contributed by atoms with Gasteiger partial charge in [0.2, 0.25) is 11.8 Å². The summed E-state index contributed by atoms with van der Waals surface area (Å²) >= 11 is 7.70. The molecule has 1 atom stereocenters. The Morgan fingerprint density at radius 3 is 2.95 bits per heavy atom. The third-order valence-corrected chi connectivity index (χ3v) is 4.41. The summed E-state index contributed by atoms with van der Waals surface area (Å²) < 4.78 is 0. The van der Waals surface area contributed by atoms with Gasteiger partial charge in [0, 0.05) is 36.2 Å². The molecule has 0 aliphatic carbocycles. The molecule has 108 valence electrons. The average Bonchev–Trinajstić information content (AvgIpc) is 2.41. The number of amides is 2. The van der Waals surface area contributed by atoms with Crippen LogP contribution in [-0.4, -0.2) is 35.9 Å². The molecule has 1 aromatic carbocycles. The molecule has 2 amide bonds. The fourth-order valence-corrected chi connectivity index (χ4v) is 3.14. The molecular formula is C13H16ClN3O2S. The molecule has 20 heavy (non-hydrogen) atoms. The predicted molar refractivity (Wildman–Crippen MR) is 82.3 cm³/mol. The van der Waals surface area contributed by atoms with Gasteiger partial charge in [-0.15, -0.1) is 0 Å². The van der Waals surface area contributed by atoms with Crippen LogP contribution in [0.3, 0.4) is 0 Å². The first-order chi connectivity index (χ1) is 9.56. The fraction of sp³-hybridized carbons (Fsp3) is 0.385. The number of rotatable bonds is 4. The van der Waals surface area contributed by atoms with Crippen LogP contribution in [0.25, 0.3) is 0 Å². The summed E-state index contributed by atoms with van der Waals surface area (Å²) in [4.78, 5) is 23.1. The van der Waals surface area contributed by atoms with Crippen LogP contribution in [0.2, 0.25) is 5.02 Å². The van der Waals surface area contributed by atoms with Gasteiger partial charge in [0.15, 0.2) is 0 Å². The highest BCUT2D eigenvalue weighted by Crippen LogP contribution is 2.20.